The van der Waals surface area contributed by atoms with Gasteiger partial charge in [0.15, 0.2) is 6.61 Å². The second-order valence-electron chi connectivity index (χ2n) is 5.79. The monoisotopic (exact) mass is 350 g/mol. The number of nitriles is 1. The molecule has 0 saturated heterocycles. The van der Waals surface area contributed by atoms with Gasteiger partial charge in [0.05, 0.1) is 24.7 Å². The molecule has 2 aromatic rings. The van der Waals surface area contributed by atoms with Gasteiger partial charge in [-0.15, -0.1) is 0 Å². The van der Waals surface area contributed by atoms with E-state index in [0.29, 0.717) is 17.9 Å². The molecule has 0 N–H and O–H groups in total. The number of rotatable bonds is 6. The maximum Gasteiger partial charge on any atom is 0.338 e. The normalized spacial score (nSPS) is 11.8. The number of hydrogen-bond donors (Lipinski definition) is 0. The summed E-state index contributed by atoms with van der Waals surface area (Å²) in [6.07, 6.45) is 0.949. The van der Waals surface area contributed by atoms with E-state index in [-0.39, 0.29) is 25.5 Å². The predicted octanol–water partition coefficient (Wildman–Crippen LogP) is 2.73. The molecule has 2 aromatic carbocycles. The first-order chi connectivity index (χ1) is 12.7. The van der Waals surface area contributed by atoms with Crippen molar-refractivity contribution in [1.29, 1.82) is 5.26 Å². The maximum absolute atomic E-state index is 12.5. The molecule has 0 unspecified atom stereocenters. The summed E-state index contributed by atoms with van der Waals surface area (Å²) in [6.45, 7) is 0.469. The highest BCUT2D eigenvalue weighted by atomic mass is 16.5. The number of carbonyl (C=O) groups excluding carboxylic acids is 2. The van der Waals surface area contributed by atoms with Gasteiger partial charge in [-0.25, -0.2) is 4.79 Å². The quantitative estimate of drug-likeness (QED) is 0.749. The molecule has 1 aliphatic heterocycles. The predicted molar refractivity (Wildman–Crippen MR) is 94.9 cm³/mol. The molecular formula is C20H18N2O4. The molecule has 0 radical (unpaired) electrons. The van der Waals surface area contributed by atoms with Crippen LogP contribution in [0.5, 0.6) is 5.75 Å². The van der Waals surface area contributed by atoms with Crippen LogP contribution >= 0.6 is 0 Å². The Bertz CT molecular complexity index is 843. The summed E-state index contributed by atoms with van der Waals surface area (Å²) in [7, 11) is 0. The fourth-order valence-electron chi connectivity index (χ4n) is 2.77. The lowest BCUT2D eigenvalue weighted by Crippen LogP contribution is -2.35. The summed E-state index contributed by atoms with van der Waals surface area (Å²) in [5.41, 5.74) is 2.02. The van der Waals surface area contributed by atoms with Crippen molar-refractivity contribution in [1.82, 2.24) is 0 Å². The molecule has 1 aliphatic rings. The summed E-state index contributed by atoms with van der Waals surface area (Å²) >= 11 is 0. The van der Waals surface area contributed by atoms with Gasteiger partial charge in [-0.3, -0.25) is 4.79 Å². The Morgan fingerprint density at radius 1 is 1.19 bits per heavy atom. The van der Waals surface area contributed by atoms with Crippen LogP contribution in [0.2, 0.25) is 0 Å². The van der Waals surface area contributed by atoms with E-state index in [1.165, 1.54) is 4.90 Å². The van der Waals surface area contributed by atoms with Crippen LogP contribution < -0.4 is 9.64 Å². The van der Waals surface area contributed by atoms with Gasteiger partial charge in [0, 0.05) is 18.7 Å². The second kappa shape index (κ2) is 8.17. The Morgan fingerprint density at radius 3 is 2.77 bits per heavy atom. The maximum atomic E-state index is 12.5. The third-order valence-electron chi connectivity index (χ3n) is 4.07. The molecule has 0 atom stereocenters. The molecule has 0 aliphatic carbocycles. The molecule has 0 bridgehead atoms. The molecule has 0 spiro atoms. The van der Waals surface area contributed by atoms with Gasteiger partial charge in [-0.05, 0) is 35.9 Å². The Labute approximate surface area is 151 Å². The Morgan fingerprint density at radius 2 is 2.00 bits per heavy atom. The number of anilines is 1. The van der Waals surface area contributed by atoms with E-state index in [1.807, 2.05) is 12.1 Å². The van der Waals surface area contributed by atoms with Gasteiger partial charge in [0.2, 0.25) is 0 Å². The van der Waals surface area contributed by atoms with Gasteiger partial charge in [0.1, 0.15) is 5.75 Å². The fraction of sp³-hybridized carbons (Fsp3) is 0.250. The fourth-order valence-corrected chi connectivity index (χ4v) is 2.77. The zero-order valence-electron chi connectivity index (χ0n) is 14.2. The lowest BCUT2D eigenvalue weighted by molar-refractivity contribution is -0.121. The Hall–Kier alpha value is -3.33. The first kappa shape index (κ1) is 17.5. The minimum absolute atomic E-state index is 0.194. The summed E-state index contributed by atoms with van der Waals surface area (Å²) in [6, 6.07) is 16.1. The molecular weight excluding hydrogens is 332 g/mol. The van der Waals surface area contributed by atoms with Crippen LogP contribution in [-0.4, -0.2) is 31.6 Å². The first-order valence-corrected chi connectivity index (χ1v) is 8.34. The molecule has 3 rings (SSSR count). The van der Waals surface area contributed by atoms with E-state index in [2.05, 4.69) is 0 Å². The van der Waals surface area contributed by atoms with Gasteiger partial charge < -0.3 is 14.4 Å². The van der Waals surface area contributed by atoms with Crippen LogP contribution in [0.4, 0.5) is 5.69 Å². The molecule has 1 amide bonds. The molecule has 0 aromatic heterocycles. The summed E-state index contributed by atoms with van der Waals surface area (Å²) in [5.74, 6) is -0.143. The molecule has 132 valence electrons. The summed E-state index contributed by atoms with van der Waals surface area (Å²) < 4.78 is 10.6. The largest absolute Gasteiger partial charge is 0.493 e. The number of ether oxygens (including phenoxy) is 2. The van der Waals surface area contributed by atoms with Crippen molar-refractivity contribution < 1.29 is 19.1 Å². The van der Waals surface area contributed by atoms with Crippen molar-refractivity contribution in [2.24, 2.45) is 0 Å². The van der Waals surface area contributed by atoms with Gasteiger partial charge in [-0.1, -0.05) is 18.2 Å². The molecule has 1 heterocycles. The van der Waals surface area contributed by atoms with Crippen molar-refractivity contribution in [2.75, 3.05) is 24.7 Å². The van der Waals surface area contributed by atoms with Crippen LogP contribution in [0.25, 0.3) is 0 Å². The van der Waals surface area contributed by atoms with Crippen LogP contribution in [0.1, 0.15) is 22.3 Å². The number of carbonyl (C=O) groups is 2. The van der Waals surface area contributed by atoms with E-state index in [0.717, 1.165) is 17.7 Å². The minimum atomic E-state index is -0.554. The number of amides is 1. The highest BCUT2D eigenvalue weighted by Gasteiger charge is 2.19. The number of esters is 1. The van der Waals surface area contributed by atoms with E-state index >= 15 is 0 Å². The minimum Gasteiger partial charge on any atom is -0.493 e. The second-order valence-corrected chi connectivity index (χ2v) is 5.79. The van der Waals surface area contributed by atoms with Crippen LogP contribution in [0.15, 0.2) is 48.5 Å². The van der Waals surface area contributed by atoms with Crippen LogP contribution in [-0.2, 0) is 16.0 Å². The SMILES string of the molecule is N#CCCN(C(=O)COC(=O)c1ccc2c(c1)CCO2)c1ccccc1. The number of nitrogens with zero attached hydrogens (tertiary/aromatic N) is 2. The average molecular weight is 350 g/mol. The zero-order chi connectivity index (χ0) is 18.4. The standard InChI is InChI=1S/C20H18N2O4/c21-10-4-11-22(17-5-2-1-3-6-17)19(23)14-26-20(24)16-7-8-18-15(13-16)9-12-25-18/h1-3,5-8,13H,4,9,11-12,14H2. The van der Waals surface area contributed by atoms with Gasteiger partial charge >= 0.3 is 5.97 Å². The lowest BCUT2D eigenvalue weighted by Gasteiger charge is -2.21. The molecule has 6 nitrogen and oxygen atoms in total. The third-order valence-corrected chi connectivity index (χ3v) is 4.07. The third kappa shape index (κ3) is 4.01. The highest BCUT2D eigenvalue weighted by Crippen LogP contribution is 2.26. The highest BCUT2D eigenvalue weighted by molar-refractivity contribution is 5.97. The van der Waals surface area contributed by atoms with Crippen molar-refractivity contribution in [3.8, 4) is 11.8 Å². The Balaban J connectivity index is 1.64. The molecule has 0 fully saturated rings. The van der Waals surface area contributed by atoms with Crippen molar-refractivity contribution in [3.63, 3.8) is 0 Å². The van der Waals surface area contributed by atoms with E-state index in [4.69, 9.17) is 14.7 Å². The summed E-state index contributed by atoms with van der Waals surface area (Å²) in [5, 5.41) is 8.80. The van der Waals surface area contributed by atoms with E-state index in [1.54, 1.807) is 42.5 Å². The van der Waals surface area contributed by atoms with E-state index < -0.39 is 5.97 Å². The average Bonchev–Trinajstić information content (AvgIpc) is 3.15. The zero-order valence-corrected chi connectivity index (χ0v) is 14.2. The van der Waals surface area contributed by atoms with Crippen molar-refractivity contribution in [3.05, 3.63) is 59.7 Å². The number of para-hydroxylation sites is 1. The number of benzene rings is 2. The topological polar surface area (TPSA) is 79.6 Å². The lowest BCUT2D eigenvalue weighted by atomic mass is 10.1. The number of fused-ring (bicyclic) bond motifs is 1. The van der Waals surface area contributed by atoms with Crippen molar-refractivity contribution in [2.45, 2.75) is 12.8 Å². The van der Waals surface area contributed by atoms with Gasteiger partial charge in [-0.2, -0.15) is 5.26 Å². The van der Waals surface area contributed by atoms with Crippen LogP contribution in [0, 0.1) is 11.3 Å². The molecule has 6 heteroatoms. The molecule has 0 saturated carbocycles. The van der Waals surface area contributed by atoms with Gasteiger partial charge in [0.25, 0.3) is 5.91 Å². The van der Waals surface area contributed by atoms with Crippen LogP contribution in [0.3, 0.4) is 0 Å². The number of hydrogen-bond acceptors (Lipinski definition) is 5. The first-order valence-electron chi connectivity index (χ1n) is 8.34. The smallest absolute Gasteiger partial charge is 0.338 e. The van der Waals surface area contributed by atoms with Crippen molar-refractivity contribution >= 4 is 17.6 Å². The summed E-state index contributed by atoms with van der Waals surface area (Å²) in [4.78, 5) is 26.2. The molecule has 26 heavy (non-hydrogen) atoms. The Kier molecular flexibility index (Phi) is 5.49. The van der Waals surface area contributed by atoms with E-state index in [9.17, 15) is 9.59 Å².